The SMILES string of the molecule is Cc1ccccc1OCCN(C)CC(=O)Nc1ccccc1Cl. The van der Waals surface area contributed by atoms with Crippen LogP contribution in [0, 0.1) is 6.92 Å². The third kappa shape index (κ3) is 5.58. The molecule has 0 saturated carbocycles. The van der Waals surface area contributed by atoms with E-state index in [9.17, 15) is 4.79 Å². The standard InChI is InChI=1S/C18H21ClN2O2/c1-14-7-3-6-10-17(14)23-12-11-21(2)13-18(22)20-16-9-5-4-8-15(16)19/h3-10H,11-13H2,1-2H3,(H,20,22). The molecule has 0 aliphatic rings. The molecule has 0 bridgehead atoms. The molecule has 0 atom stereocenters. The Balaban J connectivity index is 1.74. The van der Waals surface area contributed by atoms with Gasteiger partial charge in [0.2, 0.25) is 5.91 Å². The van der Waals surface area contributed by atoms with Crippen molar-refractivity contribution in [3.63, 3.8) is 0 Å². The van der Waals surface area contributed by atoms with Crippen LogP contribution in [-0.2, 0) is 4.79 Å². The minimum atomic E-state index is -0.100. The quantitative estimate of drug-likeness (QED) is 0.842. The fourth-order valence-electron chi connectivity index (χ4n) is 2.11. The van der Waals surface area contributed by atoms with Crippen LogP contribution >= 0.6 is 11.6 Å². The maximum atomic E-state index is 12.0. The highest BCUT2D eigenvalue weighted by molar-refractivity contribution is 6.33. The summed E-state index contributed by atoms with van der Waals surface area (Å²) in [4.78, 5) is 13.9. The molecule has 0 saturated heterocycles. The van der Waals surface area contributed by atoms with Gasteiger partial charge < -0.3 is 10.1 Å². The molecule has 2 aromatic carbocycles. The maximum absolute atomic E-state index is 12.0. The van der Waals surface area contributed by atoms with Gasteiger partial charge in [0, 0.05) is 6.54 Å². The van der Waals surface area contributed by atoms with Crippen LogP contribution in [0.3, 0.4) is 0 Å². The number of aryl methyl sites for hydroxylation is 1. The molecule has 2 rings (SSSR count). The van der Waals surface area contributed by atoms with Crippen molar-refractivity contribution in [2.24, 2.45) is 0 Å². The number of anilines is 1. The zero-order chi connectivity index (χ0) is 16.7. The van der Waals surface area contributed by atoms with E-state index in [-0.39, 0.29) is 12.5 Å². The van der Waals surface area contributed by atoms with Crippen LogP contribution in [0.15, 0.2) is 48.5 Å². The number of nitrogens with zero attached hydrogens (tertiary/aromatic N) is 1. The van der Waals surface area contributed by atoms with Crippen molar-refractivity contribution in [3.05, 3.63) is 59.1 Å². The highest BCUT2D eigenvalue weighted by atomic mass is 35.5. The van der Waals surface area contributed by atoms with Gasteiger partial charge in [-0.3, -0.25) is 9.69 Å². The Kier molecular flexibility index (Phi) is 6.44. The Labute approximate surface area is 142 Å². The van der Waals surface area contributed by atoms with Gasteiger partial charge in [0.15, 0.2) is 0 Å². The molecule has 0 radical (unpaired) electrons. The summed E-state index contributed by atoms with van der Waals surface area (Å²) in [6.07, 6.45) is 0. The molecular formula is C18H21ClN2O2. The molecular weight excluding hydrogens is 312 g/mol. The normalized spacial score (nSPS) is 10.6. The summed E-state index contributed by atoms with van der Waals surface area (Å²) in [6.45, 7) is 3.48. The van der Waals surface area contributed by atoms with Gasteiger partial charge in [0.05, 0.1) is 17.3 Å². The number of ether oxygens (including phenoxy) is 1. The maximum Gasteiger partial charge on any atom is 0.238 e. The molecule has 0 fully saturated rings. The van der Waals surface area contributed by atoms with Crippen molar-refractivity contribution in [2.75, 3.05) is 32.1 Å². The molecule has 1 amide bonds. The van der Waals surface area contributed by atoms with Gasteiger partial charge in [0.25, 0.3) is 0 Å². The van der Waals surface area contributed by atoms with Crippen molar-refractivity contribution in [1.29, 1.82) is 0 Å². The molecule has 0 heterocycles. The second kappa shape index (κ2) is 8.56. The molecule has 122 valence electrons. The molecule has 5 heteroatoms. The molecule has 0 aliphatic carbocycles. The van der Waals surface area contributed by atoms with Gasteiger partial charge >= 0.3 is 0 Å². The number of rotatable bonds is 7. The number of benzene rings is 2. The van der Waals surface area contributed by atoms with Gasteiger partial charge in [-0.05, 0) is 37.7 Å². The smallest absolute Gasteiger partial charge is 0.238 e. The first-order valence-electron chi connectivity index (χ1n) is 7.47. The molecule has 4 nitrogen and oxygen atoms in total. The molecule has 1 N–H and O–H groups in total. The second-order valence-electron chi connectivity index (χ2n) is 5.38. The third-order valence-corrected chi connectivity index (χ3v) is 3.72. The Bertz CT molecular complexity index is 661. The minimum Gasteiger partial charge on any atom is -0.492 e. The van der Waals surface area contributed by atoms with Crippen LogP contribution in [0.5, 0.6) is 5.75 Å². The number of nitrogens with one attached hydrogen (secondary N) is 1. The van der Waals surface area contributed by atoms with E-state index in [0.717, 1.165) is 11.3 Å². The van der Waals surface area contributed by atoms with Crippen LogP contribution in [0.1, 0.15) is 5.56 Å². The summed E-state index contributed by atoms with van der Waals surface area (Å²) in [5, 5.41) is 3.34. The number of carbonyl (C=O) groups excluding carboxylic acids is 1. The van der Waals surface area contributed by atoms with Crippen LogP contribution in [0.4, 0.5) is 5.69 Å². The van der Waals surface area contributed by atoms with Crippen molar-refractivity contribution in [1.82, 2.24) is 4.90 Å². The second-order valence-corrected chi connectivity index (χ2v) is 5.79. The summed E-state index contributed by atoms with van der Waals surface area (Å²) in [7, 11) is 1.88. The fraction of sp³-hybridized carbons (Fsp3) is 0.278. The van der Waals surface area contributed by atoms with Gasteiger partial charge in [-0.25, -0.2) is 0 Å². The van der Waals surface area contributed by atoms with E-state index in [2.05, 4.69) is 5.32 Å². The van der Waals surface area contributed by atoms with Gasteiger partial charge in [0.1, 0.15) is 12.4 Å². The molecule has 23 heavy (non-hydrogen) atoms. The monoisotopic (exact) mass is 332 g/mol. The number of hydrogen-bond acceptors (Lipinski definition) is 3. The van der Waals surface area contributed by atoms with E-state index in [1.165, 1.54) is 0 Å². The molecule has 0 aromatic heterocycles. The van der Waals surface area contributed by atoms with Crippen LogP contribution in [-0.4, -0.2) is 37.6 Å². The lowest BCUT2D eigenvalue weighted by molar-refractivity contribution is -0.117. The lowest BCUT2D eigenvalue weighted by atomic mass is 10.2. The number of hydrogen-bond donors (Lipinski definition) is 1. The van der Waals surface area contributed by atoms with Gasteiger partial charge in [-0.2, -0.15) is 0 Å². The van der Waals surface area contributed by atoms with E-state index in [1.807, 2.05) is 55.3 Å². The summed E-state index contributed by atoms with van der Waals surface area (Å²) in [5.74, 6) is 0.776. The number of likely N-dealkylation sites (N-methyl/N-ethyl adjacent to an activating group) is 1. The number of carbonyl (C=O) groups is 1. The average molecular weight is 333 g/mol. The van der Waals surface area contributed by atoms with Crippen molar-refractivity contribution >= 4 is 23.2 Å². The van der Waals surface area contributed by atoms with Crippen LogP contribution in [0.2, 0.25) is 5.02 Å². The molecule has 0 spiro atoms. The van der Waals surface area contributed by atoms with Crippen molar-refractivity contribution in [3.8, 4) is 5.75 Å². The van der Waals surface area contributed by atoms with E-state index in [1.54, 1.807) is 12.1 Å². The van der Waals surface area contributed by atoms with E-state index >= 15 is 0 Å². The number of halogens is 1. The highest BCUT2D eigenvalue weighted by Crippen LogP contribution is 2.20. The first kappa shape index (κ1) is 17.3. The summed E-state index contributed by atoms with van der Waals surface area (Å²) in [6, 6.07) is 15.1. The van der Waals surface area contributed by atoms with E-state index in [0.29, 0.717) is 23.9 Å². The van der Waals surface area contributed by atoms with Gasteiger partial charge in [-0.1, -0.05) is 41.9 Å². The topological polar surface area (TPSA) is 41.6 Å². The predicted octanol–water partition coefficient (Wildman–Crippen LogP) is 3.60. The molecule has 2 aromatic rings. The Hall–Kier alpha value is -2.04. The summed E-state index contributed by atoms with van der Waals surface area (Å²) < 4.78 is 5.73. The lowest BCUT2D eigenvalue weighted by Gasteiger charge is -2.17. The Morgan fingerprint density at radius 3 is 2.61 bits per heavy atom. The number of amides is 1. The lowest BCUT2D eigenvalue weighted by Crippen LogP contribution is -2.33. The first-order valence-corrected chi connectivity index (χ1v) is 7.85. The van der Waals surface area contributed by atoms with Crippen molar-refractivity contribution < 1.29 is 9.53 Å². The van der Waals surface area contributed by atoms with Crippen molar-refractivity contribution in [2.45, 2.75) is 6.92 Å². The highest BCUT2D eigenvalue weighted by Gasteiger charge is 2.09. The Morgan fingerprint density at radius 1 is 1.17 bits per heavy atom. The molecule has 0 unspecified atom stereocenters. The zero-order valence-electron chi connectivity index (χ0n) is 13.4. The number of para-hydroxylation sites is 2. The zero-order valence-corrected chi connectivity index (χ0v) is 14.1. The molecule has 0 aliphatic heterocycles. The third-order valence-electron chi connectivity index (χ3n) is 3.39. The minimum absolute atomic E-state index is 0.100. The van der Waals surface area contributed by atoms with E-state index < -0.39 is 0 Å². The first-order chi connectivity index (χ1) is 11.1. The predicted molar refractivity (Wildman–Crippen MR) is 94.3 cm³/mol. The van der Waals surface area contributed by atoms with E-state index in [4.69, 9.17) is 16.3 Å². The largest absolute Gasteiger partial charge is 0.492 e. The van der Waals surface area contributed by atoms with Crippen LogP contribution in [0.25, 0.3) is 0 Å². The summed E-state index contributed by atoms with van der Waals surface area (Å²) >= 11 is 6.02. The average Bonchev–Trinajstić information content (AvgIpc) is 2.51. The van der Waals surface area contributed by atoms with Gasteiger partial charge in [-0.15, -0.1) is 0 Å². The Morgan fingerprint density at radius 2 is 1.87 bits per heavy atom. The fourth-order valence-corrected chi connectivity index (χ4v) is 2.29. The summed E-state index contributed by atoms with van der Waals surface area (Å²) in [5.41, 5.74) is 1.73. The van der Waals surface area contributed by atoms with Crippen LogP contribution < -0.4 is 10.1 Å².